The minimum absolute atomic E-state index is 0.185. The summed E-state index contributed by atoms with van der Waals surface area (Å²) in [6.45, 7) is 0. The molecule has 1 N–H and O–H groups in total. The Bertz CT molecular complexity index is 1680. The second-order valence-corrected chi connectivity index (χ2v) is 11.1. The Balaban J connectivity index is 1.54. The SMILES string of the molecule is O=C(c1ccccc1)[C@H]1[C@H](C(=O)c2ccc(Br)cc2)[C@]2(C(=O)Nc3ccccc32)[C@H]2C=Cc3ccccc3N12. The summed E-state index contributed by atoms with van der Waals surface area (Å²) in [5.41, 5.74) is 2.86. The lowest BCUT2D eigenvalue weighted by Gasteiger charge is -2.37. The van der Waals surface area contributed by atoms with Crippen molar-refractivity contribution in [1.29, 1.82) is 0 Å². The molecule has 0 bridgehead atoms. The van der Waals surface area contributed by atoms with Gasteiger partial charge in [-0.1, -0.05) is 107 Å². The minimum atomic E-state index is -1.31. The van der Waals surface area contributed by atoms with Crippen LogP contribution < -0.4 is 10.2 Å². The maximum atomic E-state index is 14.7. The monoisotopic (exact) mass is 574 g/mol. The van der Waals surface area contributed by atoms with Crippen LogP contribution in [0.2, 0.25) is 0 Å². The summed E-state index contributed by atoms with van der Waals surface area (Å²) in [6, 6.07) is 30.1. The number of hydrogen-bond donors (Lipinski definition) is 1. The van der Waals surface area contributed by atoms with Crippen molar-refractivity contribution < 1.29 is 14.4 Å². The quantitative estimate of drug-likeness (QED) is 0.290. The zero-order valence-corrected chi connectivity index (χ0v) is 22.3. The number of amides is 1. The number of rotatable bonds is 4. The molecular weight excluding hydrogens is 552 g/mol. The third-order valence-electron chi connectivity index (χ3n) is 8.28. The van der Waals surface area contributed by atoms with E-state index < -0.39 is 23.4 Å². The number of ketones is 2. The fourth-order valence-corrected chi connectivity index (χ4v) is 6.95. The van der Waals surface area contributed by atoms with Crippen molar-refractivity contribution in [2.24, 2.45) is 5.92 Å². The lowest BCUT2D eigenvalue weighted by Crippen LogP contribution is -2.51. The maximum Gasteiger partial charge on any atom is 0.238 e. The Kier molecular flexibility index (Phi) is 5.42. The van der Waals surface area contributed by atoms with Gasteiger partial charge in [0.2, 0.25) is 5.91 Å². The molecule has 190 valence electrons. The van der Waals surface area contributed by atoms with E-state index in [0.717, 1.165) is 21.3 Å². The van der Waals surface area contributed by atoms with Crippen molar-refractivity contribution in [3.8, 4) is 0 Å². The highest BCUT2D eigenvalue weighted by atomic mass is 79.9. The summed E-state index contributed by atoms with van der Waals surface area (Å²) < 4.78 is 0.843. The normalized spacial score (nSPS) is 24.2. The molecule has 0 saturated carbocycles. The van der Waals surface area contributed by atoms with Crippen LogP contribution in [-0.2, 0) is 10.2 Å². The number of fused-ring (bicyclic) bond motifs is 6. The summed E-state index contributed by atoms with van der Waals surface area (Å²) in [6.07, 6.45) is 3.99. The Hall–Kier alpha value is -4.29. The van der Waals surface area contributed by atoms with Crippen molar-refractivity contribution >= 4 is 50.9 Å². The van der Waals surface area contributed by atoms with Crippen LogP contribution in [0.5, 0.6) is 0 Å². The molecule has 4 aromatic carbocycles. The molecule has 39 heavy (non-hydrogen) atoms. The number of Topliss-reactive ketones (excluding diaryl/α,β-unsaturated/α-hetero) is 2. The van der Waals surface area contributed by atoms with Gasteiger partial charge in [0, 0.05) is 27.0 Å². The third-order valence-corrected chi connectivity index (χ3v) is 8.81. The van der Waals surface area contributed by atoms with Crippen LogP contribution in [0.4, 0.5) is 11.4 Å². The van der Waals surface area contributed by atoms with Gasteiger partial charge in [0.25, 0.3) is 0 Å². The van der Waals surface area contributed by atoms with Gasteiger partial charge >= 0.3 is 0 Å². The maximum absolute atomic E-state index is 14.7. The number of anilines is 2. The first-order chi connectivity index (χ1) is 19.0. The van der Waals surface area contributed by atoms with Gasteiger partial charge in [-0.2, -0.15) is 0 Å². The second-order valence-electron chi connectivity index (χ2n) is 10.2. The van der Waals surface area contributed by atoms with E-state index in [9.17, 15) is 14.4 Å². The van der Waals surface area contributed by atoms with E-state index in [0.29, 0.717) is 16.8 Å². The topological polar surface area (TPSA) is 66.5 Å². The smallest absolute Gasteiger partial charge is 0.238 e. The number of nitrogens with one attached hydrogen (secondary N) is 1. The Morgan fingerprint density at radius 2 is 1.44 bits per heavy atom. The lowest BCUT2D eigenvalue weighted by atomic mass is 9.64. The fraction of sp³-hybridized carbons (Fsp3) is 0.121. The molecule has 4 atom stereocenters. The van der Waals surface area contributed by atoms with Crippen LogP contribution in [0, 0.1) is 5.92 Å². The molecule has 1 spiro atoms. The van der Waals surface area contributed by atoms with Crippen molar-refractivity contribution in [3.63, 3.8) is 0 Å². The van der Waals surface area contributed by atoms with Gasteiger partial charge in [-0.15, -0.1) is 0 Å². The summed E-state index contributed by atoms with van der Waals surface area (Å²) in [5, 5.41) is 3.06. The molecule has 6 heteroatoms. The van der Waals surface area contributed by atoms with Crippen molar-refractivity contribution in [2.75, 3.05) is 10.2 Å². The molecule has 0 unspecified atom stereocenters. The molecule has 3 heterocycles. The summed E-state index contributed by atoms with van der Waals surface area (Å²) in [5.74, 6) is -1.66. The standard InChI is InChI=1S/C33H23BrN2O3/c34-23-17-14-22(15-18-23)30(37)28-29(31(38)21-9-2-1-3-10-21)36-26-13-7-4-8-20(26)16-19-27(36)33(28)24-11-5-6-12-25(24)35-32(33)39/h1-19,27-29H,(H,35,39)/t27-,28-,29-,33-/m1/s1. The number of nitrogens with zero attached hydrogens (tertiary/aromatic N) is 1. The van der Waals surface area contributed by atoms with Gasteiger partial charge in [0.05, 0.1) is 12.0 Å². The van der Waals surface area contributed by atoms with E-state index >= 15 is 0 Å². The summed E-state index contributed by atoms with van der Waals surface area (Å²) in [7, 11) is 0. The predicted molar refractivity (Wildman–Crippen MR) is 155 cm³/mol. The highest BCUT2D eigenvalue weighted by Crippen LogP contribution is 2.58. The van der Waals surface area contributed by atoms with Crippen LogP contribution in [0.15, 0.2) is 114 Å². The molecule has 1 fully saturated rings. The first kappa shape index (κ1) is 23.8. The van der Waals surface area contributed by atoms with E-state index in [1.54, 1.807) is 24.3 Å². The number of carbonyl (C=O) groups is 3. The van der Waals surface area contributed by atoms with E-state index in [-0.39, 0.29) is 17.5 Å². The van der Waals surface area contributed by atoms with Crippen LogP contribution in [0.25, 0.3) is 6.08 Å². The van der Waals surface area contributed by atoms with Gasteiger partial charge in [-0.25, -0.2) is 0 Å². The number of para-hydroxylation sites is 2. The molecule has 5 nitrogen and oxygen atoms in total. The Morgan fingerprint density at radius 3 is 2.23 bits per heavy atom. The van der Waals surface area contributed by atoms with Gasteiger partial charge in [-0.3, -0.25) is 14.4 Å². The largest absolute Gasteiger partial charge is 0.352 e. The predicted octanol–water partition coefficient (Wildman–Crippen LogP) is 6.31. The van der Waals surface area contributed by atoms with Crippen LogP contribution in [-0.4, -0.2) is 29.6 Å². The average Bonchev–Trinajstić information content (AvgIpc) is 3.45. The molecular formula is C33H23BrN2O3. The van der Waals surface area contributed by atoms with E-state index in [1.165, 1.54) is 0 Å². The summed E-state index contributed by atoms with van der Waals surface area (Å²) >= 11 is 3.46. The highest BCUT2D eigenvalue weighted by molar-refractivity contribution is 9.10. The van der Waals surface area contributed by atoms with E-state index in [2.05, 4.69) is 21.2 Å². The van der Waals surface area contributed by atoms with Crippen molar-refractivity contribution in [1.82, 2.24) is 0 Å². The highest BCUT2D eigenvalue weighted by Gasteiger charge is 2.70. The van der Waals surface area contributed by atoms with E-state index in [4.69, 9.17) is 0 Å². The third kappa shape index (κ3) is 3.34. The van der Waals surface area contributed by atoms with Gasteiger partial charge in [0.15, 0.2) is 11.6 Å². The van der Waals surface area contributed by atoms with Gasteiger partial charge in [0.1, 0.15) is 11.5 Å². The fourth-order valence-electron chi connectivity index (χ4n) is 6.69. The Morgan fingerprint density at radius 1 is 0.769 bits per heavy atom. The van der Waals surface area contributed by atoms with Crippen molar-refractivity contribution in [2.45, 2.75) is 17.5 Å². The molecule has 1 saturated heterocycles. The number of carbonyl (C=O) groups excluding carboxylic acids is 3. The molecule has 3 aliphatic rings. The number of benzene rings is 4. The molecule has 0 aromatic heterocycles. The first-order valence-electron chi connectivity index (χ1n) is 12.9. The molecule has 4 aromatic rings. The van der Waals surface area contributed by atoms with E-state index in [1.807, 2.05) is 95.9 Å². The molecule has 0 radical (unpaired) electrons. The van der Waals surface area contributed by atoms with Crippen LogP contribution in [0.3, 0.4) is 0 Å². The molecule has 7 rings (SSSR count). The average molecular weight is 575 g/mol. The minimum Gasteiger partial charge on any atom is -0.352 e. The van der Waals surface area contributed by atoms with Crippen LogP contribution in [0.1, 0.15) is 31.8 Å². The van der Waals surface area contributed by atoms with Crippen molar-refractivity contribution in [3.05, 3.63) is 136 Å². The first-order valence-corrected chi connectivity index (χ1v) is 13.7. The molecule has 3 aliphatic heterocycles. The lowest BCUT2D eigenvalue weighted by molar-refractivity contribution is -0.121. The van der Waals surface area contributed by atoms with Crippen LogP contribution >= 0.6 is 15.9 Å². The molecule has 1 amide bonds. The zero-order valence-electron chi connectivity index (χ0n) is 20.8. The summed E-state index contributed by atoms with van der Waals surface area (Å²) in [4.78, 5) is 45.5. The van der Waals surface area contributed by atoms with Gasteiger partial charge < -0.3 is 10.2 Å². The Labute approximate surface area is 234 Å². The second kappa shape index (κ2) is 8.89. The molecule has 0 aliphatic carbocycles. The number of hydrogen-bond acceptors (Lipinski definition) is 4. The van der Waals surface area contributed by atoms with Gasteiger partial charge in [-0.05, 0) is 35.4 Å². The zero-order chi connectivity index (χ0) is 26.7. The number of halogens is 1.